The van der Waals surface area contributed by atoms with E-state index in [0.717, 1.165) is 27.1 Å². The van der Waals surface area contributed by atoms with Gasteiger partial charge in [-0.05, 0) is 31.5 Å². The number of rotatable bonds is 3. The second-order valence-electron chi connectivity index (χ2n) is 3.94. The topological polar surface area (TPSA) is 74.3 Å². The zero-order chi connectivity index (χ0) is 13.3. The van der Waals surface area contributed by atoms with E-state index in [2.05, 4.69) is 0 Å². The highest BCUT2D eigenvalue weighted by Crippen LogP contribution is 2.23. The van der Waals surface area contributed by atoms with Gasteiger partial charge >= 0.3 is 10.8 Å². The number of fused-ring (bicyclic) bond motifs is 1. The van der Waals surface area contributed by atoms with Gasteiger partial charge in [0.15, 0.2) is 0 Å². The van der Waals surface area contributed by atoms with E-state index in [0.29, 0.717) is 12.3 Å². The standard InChI is InChI=1S/C12H14N2O3S/c1-3-17-11(15)6-14-9-4-7(2)8(13)5-10(9)18-12(14)16/h4-5H,3,6,13H2,1-2H3. The lowest BCUT2D eigenvalue weighted by Gasteiger charge is -2.05. The third-order valence-corrected chi connectivity index (χ3v) is 3.59. The van der Waals surface area contributed by atoms with Crippen molar-refractivity contribution >= 4 is 33.2 Å². The minimum absolute atomic E-state index is 0.0595. The molecule has 0 fully saturated rings. The molecule has 1 heterocycles. The number of nitrogens with two attached hydrogens (primary N) is 1. The lowest BCUT2D eigenvalue weighted by Crippen LogP contribution is -2.20. The summed E-state index contributed by atoms with van der Waals surface area (Å²) in [7, 11) is 0. The van der Waals surface area contributed by atoms with Crippen LogP contribution >= 0.6 is 11.3 Å². The van der Waals surface area contributed by atoms with Gasteiger partial charge in [-0.2, -0.15) is 0 Å². The average molecular weight is 266 g/mol. The van der Waals surface area contributed by atoms with Crippen LogP contribution in [-0.4, -0.2) is 17.1 Å². The molecule has 96 valence electrons. The number of esters is 1. The fourth-order valence-corrected chi connectivity index (χ4v) is 2.63. The van der Waals surface area contributed by atoms with Crippen molar-refractivity contribution in [1.82, 2.24) is 4.57 Å². The van der Waals surface area contributed by atoms with Gasteiger partial charge < -0.3 is 10.5 Å². The van der Waals surface area contributed by atoms with Crippen molar-refractivity contribution < 1.29 is 9.53 Å². The zero-order valence-corrected chi connectivity index (χ0v) is 11.0. The first-order valence-electron chi connectivity index (χ1n) is 5.58. The van der Waals surface area contributed by atoms with Crippen LogP contribution in [0, 0.1) is 6.92 Å². The Hall–Kier alpha value is -1.82. The van der Waals surface area contributed by atoms with Gasteiger partial charge in [0.25, 0.3) is 0 Å². The summed E-state index contributed by atoms with van der Waals surface area (Å²) in [4.78, 5) is 23.1. The SMILES string of the molecule is CCOC(=O)Cn1c(=O)sc2cc(N)c(C)cc21. The van der Waals surface area contributed by atoms with Crippen LogP contribution in [0.4, 0.5) is 5.69 Å². The van der Waals surface area contributed by atoms with Crippen LogP contribution < -0.4 is 10.6 Å². The summed E-state index contributed by atoms with van der Waals surface area (Å²) in [6.07, 6.45) is 0. The van der Waals surface area contributed by atoms with E-state index in [1.165, 1.54) is 4.57 Å². The molecule has 6 heteroatoms. The van der Waals surface area contributed by atoms with Gasteiger partial charge in [-0.3, -0.25) is 14.2 Å². The average Bonchev–Trinajstić information content (AvgIpc) is 2.57. The number of thiazole rings is 1. The number of aromatic nitrogens is 1. The maximum atomic E-state index is 11.8. The highest BCUT2D eigenvalue weighted by atomic mass is 32.1. The molecule has 0 aliphatic carbocycles. The number of carbonyl (C=O) groups excluding carboxylic acids is 1. The Kier molecular flexibility index (Phi) is 3.38. The number of nitrogens with zero attached hydrogens (tertiary/aromatic N) is 1. The van der Waals surface area contributed by atoms with Crippen molar-refractivity contribution in [2.45, 2.75) is 20.4 Å². The summed E-state index contributed by atoms with van der Waals surface area (Å²) in [5, 5.41) is 0. The molecule has 2 N–H and O–H groups in total. The largest absolute Gasteiger partial charge is 0.465 e. The molecule has 5 nitrogen and oxygen atoms in total. The van der Waals surface area contributed by atoms with Gasteiger partial charge in [0, 0.05) is 5.69 Å². The predicted molar refractivity (Wildman–Crippen MR) is 71.9 cm³/mol. The molecule has 2 aromatic rings. The molecule has 0 aliphatic heterocycles. The molecule has 0 spiro atoms. The molecule has 0 saturated carbocycles. The van der Waals surface area contributed by atoms with E-state index < -0.39 is 5.97 Å². The van der Waals surface area contributed by atoms with Crippen LogP contribution in [0.3, 0.4) is 0 Å². The fraction of sp³-hybridized carbons (Fsp3) is 0.333. The van der Waals surface area contributed by atoms with E-state index in [9.17, 15) is 9.59 Å². The van der Waals surface area contributed by atoms with Gasteiger partial charge in [0.2, 0.25) is 0 Å². The Balaban J connectivity index is 2.50. The Morgan fingerprint density at radius 2 is 2.22 bits per heavy atom. The zero-order valence-electron chi connectivity index (χ0n) is 10.2. The van der Waals surface area contributed by atoms with E-state index >= 15 is 0 Å². The Morgan fingerprint density at radius 3 is 2.89 bits per heavy atom. The number of hydrogen-bond acceptors (Lipinski definition) is 5. The molecule has 0 atom stereocenters. The molecule has 0 saturated heterocycles. The molecule has 0 aliphatic rings. The maximum Gasteiger partial charge on any atom is 0.326 e. The number of ether oxygens (including phenoxy) is 1. The van der Waals surface area contributed by atoms with Crippen LogP contribution in [0.25, 0.3) is 10.2 Å². The Labute approximate surface area is 108 Å². The van der Waals surface area contributed by atoms with Crippen molar-refractivity contribution in [3.63, 3.8) is 0 Å². The summed E-state index contributed by atoms with van der Waals surface area (Å²) < 4.78 is 7.06. The third-order valence-electron chi connectivity index (χ3n) is 2.65. The number of benzene rings is 1. The molecule has 1 aromatic heterocycles. The molecular formula is C12H14N2O3S. The first kappa shape index (κ1) is 12.6. The van der Waals surface area contributed by atoms with E-state index in [1.54, 1.807) is 13.0 Å². The van der Waals surface area contributed by atoms with Gasteiger partial charge in [0.05, 0.1) is 16.8 Å². The highest BCUT2D eigenvalue weighted by molar-refractivity contribution is 7.16. The van der Waals surface area contributed by atoms with Crippen molar-refractivity contribution in [3.8, 4) is 0 Å². The first-order chi connectivity index (χ1) is 8.52. The van der Waals surface area contributed by atoms with Gasteiger partial charge in [-0.1, -0.05) is 11.3 Å². The molecule has 0 amide bonds. The molecule has 18 heavy (non-hydrogen) atoms. The first-order valence-corrected chi connectivity index (χ1v) is 6.39. The highest BCUT2D eigenvalue weighted by Gasteiger charge is 2.12. The summed E-state index contributed by atoms with van der Waals surface area (Å²) in [5.74, 6) is -0.409. The van der Waals surface area contributed by atoms with E-state index in [4.69, 9.17) is 10.5 Å². The number of anilines is 1. The maximum absolute atomic E-state index is 11.8. The summed E-state index contributed by atoms with van der Waals surface area (Å²) in [6.45, 7) is 3.85. The number of hydrogen-bond donors (Lipinski definition) is 1. The number of aryl methyl sites for hydroxylation is 1. The minimum Gasteiger partial charge on any atom is -0.465 e. The molecule has 2 rings (SSSR count). The van der Waals surface area contributed by atoms with Crippen LogP contribution in [0.1, 0.15) is 12.5 Å². The fourth-order valence-electron chi connectivity index (χ4n) is 1.71. The summed E-state index contributed by atoms with van der Waals surface area (Å²) in [6, 6.07) is 3.58. The Bertz CT molecular complexity index is 657. The molecule has 0 radical (unpaired) electrons. The van der Waals surface area contributed by atoms with Gasteiger partial charge in [-0.15, -0.1) is 0 Å². The van der Waals surface area contributed by atoms with E-state index in [1.807, 2.05) is 13.0 Å². The van der Waals surface area contributed by atoms with Crippen molar-refractivity contribution in [1.29, 1.82) is 0 Å². The lowest BCUT2D eigenvalue weighted by molar-refractivity contribution is -0.143. The van der Waals surface area contributed by atoms with Crippen molar-refractivity contribution in [3.05, 3.63) is 27.4 Å². The Morgan fingerprint density at radius 1 is 1.50 bits per heavy atom. The number of nitrogen functional groups attached to an aromatic ring is 1. The lowest BCUT2D eigenvalue weighted by atomic mass is 10.2. The van der Waals surface area contributed by atoms with Gasteiger partial charge in [0.1, 0.15) is 6.54 Å². The quantitative estimate of drug-likeness (QED) is 0.675. The number of carbonyl (C=O) groups is 1. The van der Waals surface area contributed by atoms with Crippen molar-refractivity contribution in [2.24, 2.45) is 0 Å². The predicted octanol–water partition coefficient (Wildman–Crippen LogP) is 1.52. The van der Waals surface area contributed by atoms with Crippen LogP contribution in [0.5, 0.6) is 0 Å². The monoisotopic (exact) mass is 266 g/mol. The smallest absolute Gasteiger partial charge is 0.326 e. The second-order valence-corrected chi connectivity index (χ2v) is 4.93. The normalized spacial score (nSPS) is 10.8. The molecular weight excluding hydrogens is 252 g/mol. The summed E-state index contributed by atoms with van der Waals surface area (Å²) >= 11 is 1.08. The molecule has 0 unspecified atom stereocenters. The minimum atomic E-state index is -0.409. The van der Waals surface area contributed by atoms with Gasteiger partial charge in [-0.25, -0.2) is 0 Å². The van der Waals surface area contributed by atoms with E-state index in [-0.39, 0.29) is 11.4 Å². The second kappa shape index (κ2) is 4.81. The molecule has 0 bridgehead atoms. The third kappa shape index (κ3) is 2.24. The van der Waals surface area contributed by atoms with Crippen LogP contribution in [0.15, 0.2) is 16.9 Å². The summed E-state index contributed by atoms with van der Waals surface area (Å²) in [5.41, 5.74) is 8.06. The molecule has 1 aromatic carbocycles. The van der Waals surface area contributed by atoms with Crippen LogP contribution in [0.2, 0.25) is 0 Å². The van der Waals surface area contributed by atoms with Crippen molar-refractivity contribution in [2.75, 3.05) is 12.3 Å². The van der Waals surface area contributed by atoms with Crippen LogP contribution in [-0.2, 0) is 16.1 Å².